The lowest BCUT2D eigenvalue weighted by Crippen LogP contribution is -2.44. The van der Waals surface area contributed by atoms with Crippen molar-refractivity contribution in [1.82, 2.24) is 10.3 Å². The Labute approximate surface area is 342 Å². The molecule has 0 bridgehead atoms. The zero-order valence-corrected chi connectivity index (χ0v) is 33.1. The van der Waals surface area contributed by atoms with E-state index in [1.165, 1.54) is 55.1 Å². The molecule has 1 fully saturated rings. The molecule has 15 heteroatoms. The van der Waals surface area contributed by atoms with Gasteiger partial charge in [-0.05, 0) is 111 Å². The highest BCUT2D eigenvalue weighted by atomic mass is 32.1. The maximum absolute atomic E-state index is 15.2. The first kappa shape index (κ1) is 41.5. The van der Waals surface area contributed by atoms with E-state index in [0.29, 0.717) is 49.7 Å². The van der Waals surface area contributed by atoms with Gasteiger partial charge < -0.3 is 24.7 Å². The number of nitrogens with zero attached hydrogens (tertiary/aromatic N) is 3. The number of alkyl halides is 3. The number of ether oxygens (including phenoxy) is 2. The van der Waals surface area contributed by atoms with Gasteiger partial charge in [-0.3, -0.25) is 14.5 Å². The van der Waals surface area contributed by atoms with Crippen molar-refractivity contribution < 1.29 is 41.0 Å². The summed E-state index contributed by atoms with van der Waals surface area (Å²) in [6.07, 6.45) is -1.68. The van der Waals surface area contributed by atoms with E-state index in [9.17, 15) is 27.2 Å². The van der Waals surface area contributed by atoms with E-state index in [4.69, 9.17) is 27.0 Å². The molecule has 1 amide bonds. The highest BCUT2D eigenvalue weighted by molar-refractivity contribution is 7.81. The number of H-pyrrole nitrogens is 1. The molecule has 0 radical (unpaired) electrons. The van der Waals surface area contributed by atoms with Crippen LogP contribution in [0.1, 0.15) is 72.1 Å². The molecule has 0 unspecified atom stereocenters. The van der Waals surface area contributed by atoms with Crippen molar-refractivity contribution in [2.45, 2.75) is 64.2 Å². The molecule has 306 valence electrons. The van der Waals surface area contributed by atoms with E-state index in [1.807, 2.05) is 24.3 Å². The molecule has 5 aromatic rings. The third kappa shape index (κ3) is 8.43. The molecular formula is C44H40F5N5O4S. The summed E-state index contributed by atoms with van der Waals surface area (Å²) in [4.78, 5) is 31.8. The minimum Gasteiger partial charge on any atom is -0.490 e. The molecule has 1 aliphatic carbocycles. The van der Waals surface area contributed by atoms with Crippen molar-refractivity contribution in [3.8, 4) is 23.1 Å². The van der Waals surface area contributed by atoms with E-state index < -0.39 is 40.4 Å². The van der Waals surface area contributed by atoms with Crippen molar-refractivity contribution in [1.29, 1.82) is 5.26 Å². The molecule has 4 aromatic carbocycles. The van der Waals surface area contributed by atoms with Crippen LogP contribution in [-0.4, -0.2) is 53.7 Å². The Morgan fingerprint density at radius 2 is 1.68 bits per heavy atom. The van der Waals surface area contributed by atoms with E-state index in [1.54, 1.807) is 0 Å². The van der Waals surface area contributed by atoms with Gasteiger partial charge in [0.2, 0.25) is 0 Å². The number of aromatic nitrogens is 1. The van der Waals surface area contributed by atoms with Gasteiger partial charge in [-0.25, -0.2) is 8.78 Å². The van der Waals surface area contributed by atoms with E-state index >= 15 is 4.39 Å². The number of Topliss-reactive ketones (excluding diaryl/α,β-unsaturated/α-hetero) is 1. The summed E-state index contributed by atoms with van der Waals surface area (Å²) in [6, 6.07) is 19.5. The molecule has 1 saturated heterocycles. The number of thiocarbonyl (C=S) groups is 1. The largest absolute Gasteiger partial charge is 0.490 e. The van der Waals surface area contributed by atoms with Crippen LogP contribution >= 0.6 is 12.2 Å². The van der Waals surface area contributed by atoms with Gasteiger partial charge in [0.05, 0.1) is 29.5 Å². The molecule has 7 rings (SSSR count). The fourth-order valence-electron chi connectivity index (χ4n) is 7.61. The highest BCUT2D eigenvalue weighted by Crippen LogP contribution is 2.41. The van der Waals surface area contributed by atoms with Gasteiger partial charge in [0.25, 0.3) is 5.91 Å². The van der Waals surface area contributed by atoms with Gasteiger partial charge in [-0.2, -0.15) is 18.4 Å². The van der Waals surface area contributed by atoms with Gasteiger partial charge in [0.1, 0.15) is 11.4 Å². The molecule has 9 nitrogen and oxygen atoms in total. The first-order valence-corrected chi connectivity index (χ1v) is 19.6. The third-order valence-electron chi connectivity index (χ3n) is 10.5. The van der Waals surface area contributed by atoms with Crippen LogP contribution in [0.25, 0.3) is 22.2 Å². The lowest BCUT2D eigenvalue weighted by Gasteiger charge is -2.29. The van der Waals surface area contributed by atoms with E-state index in [2.05, 4.69) is 10.3 Å². The summed E-state index contributed by atoms with van der Waals surface area (Å²) in [7, 11) is 0. The number of hydrogen-bond donors (Lipinski definition) is 2. The predicted molar refractivity (Wildman–Crippen MR) is 217 cm³/mol. The Balaban J connectivity index is 0.838. The SMILES string of the molecule is CC1(C)C(=O)N(c2ccc(C#N)c(C(F)(F)F)c2)C(=S)N1c1ccc(OCCCOCCCNCc2ccc(-c3[nH]c4cc(F)cc5c4c3CCCC5=O)cc2)c(F)c1. The summed E-state index contributed by atoms with van der Waals surface area (Å²) in [5.41, 5.74) is 2.05. The Morgan fingerprint density at radius 1 is 0.932 bits per heavy atom. The second-order valence-electron chi connectivity index (χ2n) is 14.9. The lowest BCUT2D eigenvalue weighted by molar-refractivity contribution is -0.137. The molecule has 1 aliphatic heterocycles. The molecule has 1 aromatic heterocycles. The van der Waals surface area contributed by atoms with Crippen molar-refractivity contribution in [2.24, 2.45) is 0 Å². The van der Waals surface area contributed by atoms with Crippen LogP contribution in [0.3, 0.4) is 0 Å². The van der Waals surface area contributed by atoms with Crippen LogP contribution in [0.5, 0.6) is 5.75 Å². The Kier molecular flexibility index (Phi) is 11.9. The van der Waals surface area contributed by atoms with Crippen LogP contribution in [0.2, 0.25) is 0 Å². The van der Waals surface area contributed by atoms with Gasteiger partial charge in [0.15, 0.2) is 22.5 Å². The maximum atomic E-state index is 15.2. The van der Waals surface area contributed by atoms with Gasteiger partial charge in [0, 0.05) is 66.5 Å². The highest BCUT2D eigenvalue weighted by Gasteiger charge is 2.51. The third-order valence-corrected chi connectivity index (χ3v) is 10.9. The Hall–Kier alpha value is -5.69. The summed E-state index contributed by atoms with van der Waals surface area (Å²) >= 11 is 5.54. The predicted octanol–water partition coefficient (Wildman–Crippen LogP) is 9.40. The number of hydrogen-bond acceptors (Lipinski definition) is 7. The molecule has 59 heavy (non-hydrogen) atoms. The molecule has 2 aliphatic rings. The number of carbonyl (C=O) groups excluding carboxylic acids is 2. The number of carbonyl (C=O) groups is 2. The number of amides is 1. The second-order valence-corrected chi connectivity index (χ2v) is 15.3. The van der Waals surface area contributed by atoms with E-state index in [0.717, 1.165) is 70.6 Å². The van der Waals surface area contributed by atoms with Crippen molar-refractivity contribution in [2.75, 3.05) is 36.2 Å². The smallest absolute Gasteiger partial charge is 0.417 e. The minimum absolute atomic E-state index is 0.0219. The van der Waals surface area contributed by atoms with Crippen molar-refractivity contribution >= 4 is 51.3 Å². The number of rotatable bonds is 14. The average Bonchev–Trinajstić information content (AvgIpc) is 3.57. The number of aromatic amines is 1. The number of anilines is 2. The fourth-order valence-corrected chi connectivity index (χ4v) is 8.14. The molecule has 2 N–H and O–H groups in total. The summed E-state index contributed by atoms with van der Waals surface area (Å²) in [6.45, 7) is 5.56. The minimum atomic E-state index is -4.83. The number of halogens is 5. The summed E-state index contributed by atoms with van der Waals surface area (Å²) in [5, 5.41) is 13.3. The van der Waals surface area contributed by atoms with Crippen LogP contribution in [-0.2, 0) is 28.7 Å². The number of aryl methyl sites for hydroxylation is 1. The zero-order valence-electron chi connectivity index (χ0n) is 32.3. The second kappa shape index (κ2) is 16.9. The standard InChI is InChI=1S/C44H40F5N5O4S/c1-43(2)41(56)53(30-13-12-28(24-50)34(22-30)44(47,48)49)42(59)54(43)31-14-15-38(35(46)23-31)58-19-5-18-57-17-4-16-51-25-26-8-10-27(11-9-26)40-32-6-3-7-37(55)33-20-29(45)21-36(52-40)39(32)33/h8-15,20-23,51-52H,3-7,16-19,25H2,1-2H3. The van der Waals surface area contributed by atoms with Crippen LogP contribution in [0.15, 0.2) is 72.8 Å². The molecular weight excluding hydrogens is 790 g/mol. The van der Waals surface area contributed by atoms with Crippen molar-refractivity contribution in [3.05, 3.63) is 112 Å². The van der Waals surface area contributed by atoms with Gasteiger partial charge >= 0.3 is 6.18 Å². The van der Waals surface area contributed by atoms with Gasteiger partial charge in [-0.15, -0.1) is 0 Å². The summed E-state index contributed by atoms with van der Waals surface area (Å²) in [5.74, 6) is -1.80. The van der Waals surface area contributed by atoms with Gasteiger partial charge in [-0.1, -0.05) is 24.3 Å². The Bertz CT molecular complexity index is 2480. The normalized spacial score (nSPS) is 15.3. The number of ketones is 1. The molecule has 0 saturated carbocycles. The number of benzene rings is 4. The average molecular weight is 830 g/mol. The molecule has 0 atom stereocenters. The topological polar surface area (TPSA) is 111 Å². The van der Waals surface area contributed by atoms with Crippen LogP contribution in [0, 0.1) is 23.0 Å². The van der Waals surface area contributed by atoms with E-state index in [-0.39, 0.29) is 34.6 Å². The monoisotopic (exact) mass is 829 g/mol. The number of nitrogens with one attached hydrogen (secondary N) is 2. The summed E-state index contributed by atoms with van der Waals surface area (Å²) < 4.78 is 81.9. The molecule has 0 spiro atoms. The lowest BCUT2D eigenvalue weighted by atomic mass is 9.99. The van der Waals surface area contributed by atoms with Crippen LogP contribution < -0.4 is 19.9 Å². The number of nitriles is 1. The fraction of sp³-hybridized carbons (Fsp3) is 0.318. The molecule has 2 heterocycles. The zero-order chi connectivity index (χ0) is 42.1. The van der Waals surface area contributed by atoms with Crippen LogP contribution in [0.4, 0.5) is 33.3 Å². The quantitative estimate of drug-likeness (QED) is 0.0648. The maximum Gasteiger partial charge on any atom is 0.417 e. The Morgan fingerprint density at radius 3 is 2.41 bits per heavy atom. The first-order valence-electron chi connectivity index (χ1n) is 19.2. The van der Waals surface area contributed by atoms with Crippen molar-refractivity contribution in [3.63, 3.8) is 0 Å². The first-order chi connectivity index (χ1) is 28.2.